The molecule has 0 bridgehead atoms. The van der Waals surface area contributed by atoms with E-state index in [1.165, 1.54) is 0 Å². The minimum Gasteiger partial charge on any atom is -0.451 e. The molecule has 1 aliphatic carbocycles. The van der Waals surface area contributed by atoms with Gasteiger partial charge in [-0.2, -0.15) is 0 Å². The summed E-state index contributed by atoms with van der Waals surface area (Å²) in [4.78, 5) is 26.3. The van der Waals surface area contributed by atoms with Crippen LogP contribution in [0.15, 0.2) is 34.4 Å². The first kappa shape index (κ1) is 34.2. The lowest BCUT2D eigenvalue weighted by Gasteiger charge is -2.47. The topological polar surface area (TPSA) is 116 Å². The zero-order valence-corrected chi connectivity index (χ0v) is 25.7. The number of hydroxylamine groups is 1. The van der Waals surface area contributed by atoms with E-state index in [2.05, 4.69) is 33.2 Å². The van der Waals surface area contributed by atoms with Gasteiger partial charge in [-0.3, -0.25) is 0 Å². The number of carbonyl (C=O) groups is 2. The molecule has 4 N–H and O–H groups in total. The van der Waals surface area contributed by atoms with Gasteiger partial charge in [0.25, 0.3) is 0 Å². The summed E-state index contributed by atoms with van der Waals surface area (Å²) < 4.78 is 6.01. The largest absolute Gasteiger partial charge is 0.451 e. The Kier molecular flexibility index (Phi) is 11.7. The fraction of sp³-hybridized carbons (Fsp3) is 0.742. The number of esters is 1. The average Bonchev–Trinajstić information content (AvgIpc) is 3.05. The number of aldehydes is 1. The molecule has 0 fully saturated rings. The number of hydrogen-bond donors (Lipinski definition) is 4. The summed E-state index contributed by atoms with van der Waals surface area (Å²) in [6.07, 6.45) is 1.90. The maximum absolute atomic E-state index is 13.5. The van der Waals surface area contributed by atoms with Crippen LogP contribution in [0.1, 0.15) is 89.5 Å². The highest BCUT2D eigenvalue weighted by Crippen LogP contribution is 2.53. The molecule has 0 saturated carbocycles. The highest BCUT2D eigenvalue weighted by molar-refractivity contribution is 5.90. The highest BCUT2D eigenvalue weighted by atomic mass is 16.6. The lowest BCUT2D eigenvalue weighted by Crippen LogP contribution is -2.64. The van der Waals surface area contributed by atoms with Gasteiger partial charge in [-0.1, -0.05) is 87.0 Å². The number of nitrogens with one attached hydrogen (secondary N) is 1. The Hall–Kier alpha value is -1.80. The number of carbonyl (C=O) groups excluding carboxylic acids is 2. The molecule has 0 amide bonds. The minimum absolute atomic E-state index is 0.0482. The van der Waals surface area contributed by atoms with Crippen LogP contribution in [0.3, 0.4) is 0 Å². The molecule has 5 unspecified atom stereocenters. The second-order valence-electron chi connectivity index (χ2n) is 12.7. The van der Waals surface area contributed by atoms with Gasteiger partial charge in [0, 0.05) is 12.1 Å². The Balaban J connectivity index is 3.83. The van der Waals surface area contributed by atoms with E-state index in [1.54, 1.807) is 26.8 Å². The minimum atomic E-state index is -2.20. The van der Waals surface area contributed by atoms with Crippen LogP contribution in [0.4, 0.5) is 0 Å². The number of hydrogen-bond acceptors (Lipinski definition) is 7. The summed E-state index contributed by atoms with van der Waals surface area (Å²) >= 11 is 0. The molecule has 0 saturated heterocycles. The normalized spacial score (nSPS) is 26.9. The lowest BCUT2D eigenvalue weighted by molar-refractivity contribution is -0.196. The van der Waals surface area contributed by atoms with Crippen molar-refractivity contribution in [3.63, 3.8) is 0 Å². The van der Waals surface area contributed by atoms with Gasteiger partial charge < -0.3 is 25.0 Å². The van der Waals surface area contributed by atoms with Crippen molar-refractivity contribution in [3.05, 3.63) is 34.4 Å². The summed E-state index contributed by atoms with van der Waals surface area (Å²) in [5.74, 6) is -0.848. The van der Waals surface area contributed by atoms with Crippen LogP contribution in [-0.4, -0.2) is 52.0 Å². The van der Waals surface area contributed by atoms with Gasteiger partial charge >= 0.3 is 5.97 Å². The van der Waals surface area contributed by atoms with Gasteiger partial charge in [-0.15, -0.1) is 0 Å². The quantitative estimate of drug-likeness (QED) is 0.0821. The second-order valence-corrected chi connectivity index (χ2v) is 12.7. The Labute approximate surface area is 230 Å². The number of aliphatic hydroxyl groups is 2. The van der Waals surface area contributed by atoms with E-state index >= 15 is 0 Å². The van der Waals surface area contributed by atoms with E-state index in [0.717, 1.165) is 5.57 Å². The second kappa shape index (κ2) is 13.0. The van der Waals surface area contributed by atoms with E-state index in [4.69, 9.17) is 4.74 Å². The van der Waals surface area contributed by atoms with Crippen molar-refractivity contribution in [1.82, 2.24) is 5.48 Å². The van der Waals surface area contributed by atoms with E-state index in [1.807, 2.05) is 40.7 Å². The molecule has 0 aromatic carbocycles. The van der Waals surface area contributed by atoms with E-state index < -0.39 is 35.1 Å². The van der Waals surface area contributed by atoms with E-state index in [9.17, 15) is 25.0 Å². The number of aliphatic hydroxyl groups excluding tert-OH is 1. The van der Waals surface area contributed by atoms with Crippen LogP contribution < -0.4 is 5.48 Å². The fourth-order valence-corrected chi connectivity index (χ4v) is 5.54. The first-order valence-corrected chi connectivity index (χ1v) is 13.9. The monoisotopic (exact) mass is 535 g/mol. The van der Waals surface area contributed by atoms with E-state index in [0.29, 0.717) is 35.3 Å². The van der Waals surface area contributed by atoms with Crippen LogP contribution in [0.25, 0.3) is 0 Å². The van der Waals surface area contributed by atoms with Crippen LogP contribution in [0, 0.1) is 34.5 Å². The van der Waals surface area contributed by atoms with Gasteiger partial charge in [0.15, 0.2) is 11.7 Å². The molecule has 0 spiro atoms. The van der Waals surface area contributed by atoms with Crippen molar-refractivity contribution in [2.75, 3.05) is 6.54 Å². The van der Waals surface area contributed by atoms with Crippen molar-refractivity contribution >= 4 is 12.3 Å². The number of ether oxygens (including phenoxy) is 1. The third kappa shape index (κ3) is 6.16. The summed E-state index contributed by atoms with van der Waals surface area (Å²) in [7, 11) is 0. The van der Waals surface area contributed by atoms with Gasteiger partial charge in [0.1, 0.15) is 12.4 Å². The van der Waals surface area contributed by atoms with Gasteiger partial charge in [-0.05, 0) is 60.5 Å². The fourth-order valence-electron chi connectivity index (χ4n) is 5.54. The number of allylic oxidation sites excluding steroid dienone is 2. The van der Waals surface area contributed by atoms with Gasteiger partial charge in [-0.25, -0.2) is 10.3 Å². The summed E-state index contributed by atoms with van der Waals surface area (Å²) in [6.45, 7) is 23.3. The van der Waals surface area contributed by atoms with Crippen molar-refractivity contribution < 1.29 is 29.7 Å². The summed E-state index contributed by atoms with van der Waals surface area (Å²) in [5.41, 5.74) is 0.430. The average molecular weight is 536 g/mol. The summed E-state index contributed by atoms with van der Waals surface area (Å²) in [6, 6.07) is 0. The molecular weight excluding hydrogens is 482 g/mol. The lowest BCUT2D eigenvalue weighted by atomic mass is 9.63. The van der Waals surface area contributed by atoms with Crippen LogP contribution in [-0.2, 0) is 14.3 Å². The SMILES string of the molecule is CC/C(C)=C(/C(=O)OC1C(C)=CC(C=O)(C(C)C)C1(O)C(O)/C(=C\C(C)C(C)(C)C(C)C)CNO)C(C)C. The predicted octanol–water partition coefficient (Wildman–Crippen LogP) is 5.40. The summed E-state index contributed by atoms with van der Waals surface area (Å²) in [5, 5.41) is 34.0. The molecule has 1 aliphatic rings. The zero-order chi connectivity index (χ0) is 29.8. The van der Waals surface area contributed by atoms with Crippen LogP contribution >= 0.6 is 0 Å². The molecule has 0 radical (unpaired) electrons. The molecule has 5 atom stereocenters. The third-order valence-corrected chi connectivity index (χ3v) is 9.31. The van der Waals surface area contributed by atoms with Crippen molar-refractivity contribution in [1.29, 1.82) is 0 Å². The maximum atomic E-state index is 13.5. The smallest absolute Gasteiger partial charge is 0.334 e. The predicted molar refractivity (Wildman–Crippen MR) is 151 cm³/mol. The Bertz CT molecular complexity index is 944. The van der Waals surface area contributed by atoms with Crippen LogP contribution in [0.2, 0.25) is 0 Å². The van der Waals surface area contributed by atoms with Crippen molar-refractivity contribution in [2.24, 2.45) is 34.5 Å². The third-order valence-electron chi connectivity index (χ3n) is 9.31. The molecule has 0 aromatic heterocycles. The maximum Gasteiger partial charge on any atom is 0.334 e. The first-order valence-electron chi connectivity index (χ1n) is 13.9. The van der Waals surface area contributed by atoms with Gasteiger partial charge in [0.2, 0.25) is 0 Å². The molecule has 0 heterocycles. The highest BCUT2D eigenvalue weighted by Gasteiger charge is 2.66. The Morgan fingerprint density at radius 2 is 1.74 bits per heavy atom. The molecule has 1 rings (SSSR count). The molecule has 0 aromatic rings. The van der Waals surface area contributed by atoms with E-state index in [-0.39, 0.29) is 23.8 Å². The van der Waals surface area contributed by atoms with Gasteiger partial charge in [0.05, 0.1) is 5.41 Å². The first-order chi connectivity index (χ1) is 17.4. The number of rotatable bonds is 13. The Morgan fingerprint density at radius 3 is 2.13 bits per heavy atom. The Morgan fingerprint density at radius 1 is 1.18 bits per heavy atom. The molecule has 38 heavy (non-hydrogen) atoms. The molecule has 7 heteroatoms. The molecule has 7 nitrogen and oxygen atoms in total. The van der Waals surface area contributed by atoms with Crippen LogP contribution in [0.5, 0.6) is 0 Å². The molecular formula is C31H53NO6. The van der Waals surface area contributed by atoms with Crippen molar-refractivity contribution in [2.45, 2.75) is 107 Å². The van der Waals surface area contributed by atoms with Crippen molar-refractivity contribution in [3.8, 4) is 0 Å². The zero-order valence-electron chi connectivity index (χ0n) is 25.7. The molecule has 0 aliphatic heterocycles. The standard InChI is InChI=1S/C31H53NO6/c1-13-21(8)25(18(2)3)28(35)38-27-22(9)15-30(17-33,20(6)7)31(27,36)26(34)24(16-32-37)14-23(10)29(11,12)19(4)5/h14-15,17-20,23,26-27,32,34,36-37H,13,16H2,1-12H3/b24-14-,25-21+. The molecule has 218 valence electrons.